The lowest BCUT2D eigenvalue weighted by Gasteiger charge is -2.34. The number of hydrogen-bond donors (Lipinski definition) is 2. The number of nitrogens with zero attached hydrogens (tertiary/aromatic N) is 1. The highest BCUT2D eigenvalue weighted by Gasteiger charge is 2.39. The number of alkyl halides is 2. The van der Waals surface area contributed by atoms with Gasteiger partial charge in [0.25, 0.3) is 0 Å². The fourth-order valence-electron chi connectivity index (χ4n) is 3.80. The number of nitrogens with one attached hydrogen (secondary N) is 2. The van der Waals surface area contributed by atoms with Crippen LogP contribution in [0.3, 0.4) is 0 Å². The molecule has 3 aliphatic rings. The quantitative estimate of drug-likeness (QED) is 0.831. The van der Waals surface area contributed by atoms with E-state index in [-0.39, 0.29) is 18.0 Å². The van der Waals surface area contributed by atoms with Crippen molar-refractivity contribution in [3.8, 4) is 0 Å². The molecule has 0 spiro atoms. The summed E-state index contributed by atoms with van der Waals surface area (Å²) in [5.41, 5.74) is 0. The topological polar surface area (TPSA) is 61.4 Å². The van der Waals surface area contributed by atoms with Crippen molar-refractivity contribution < 1.29 is 18.4 Å². The second kappa shape index (κ2) is 7.01. The first-order valence-corrected chi connectivity index (χ1v) is 8.70. The summed E-state index contributed by atoms with van der Waals surface area (Å²) in [6.45, 7) is 0.716. The number of carbonyl (C=O) groups is 2. The maximum atomic E-state index is 12.6. The van der Waals surface area contributed by atoms with Gasteiger partial charge in [0.1, 0.15) is 6.04 Å². The van der Waals surface area contributed by atoms with Gasteiger partial charge in [0, 0.05) is 24.5 Å². The summed E-state index contributed by atoms with van der Waals surface area (Å²) in [5.74, 6) is -0.519. The summed E-state index contributed by atoms with van der Waals surface area (Å²) in [5, 5.41) is 5.59. The number of hydrogen-bond acceptors (Lipinski definition) is 2. The van der Waals surface area contributed by atoms with Gasteiger partial charge in [0.15, 0.2) is 0 Å². The molecule has 1 heterocycles. The number of carbonyl (C=O) groups excluding carboxylic acids is 2. The molecule has 7 heteroatoms. The van der Waals surface area contributed by atoms with E-state index in [2.05, 4.69) is 10.6 Å². The summed E-state index contributed by atoms with van der Waals surface area (Å²) >= 11 is 0. The van der Waals surface area contributed by atoms with E-state index in [4.69, 9.17) is 0 Å². The molecule has 5 nitrogen and oxygen atoms in total. The lowest BCUT2D eigenvalue weighted by atomic mass is 9.86. The molecule has 2 aliphatic carbocycles. The molecule has 0 bridgehead atoms. The van der Waals surface area contributed by atoms with Crippen LogP contribution in [-0.2, 0) is 4.79 Å². The van der Waals surface area contributed by atoms with Crippen molar-refractivity contribution in [1.29, 1.82) is 0 Å². The Labute approximate surface area is 135 Å². The second-order valence-corrected chi connectivity index (χ2v) is 7.02. The average molecular weight is 329 g/mol. The Morgan fingerprint density at radius 2 is 1.74 bits per heavy atom. The number of likely N-dealkylation sites (tertiary alicyclic amines) is 1. The standard InChI is InChI=1S/C16H25F2N3O2/c17-14(18)10-4-6-11(7-5-10)19-16(23)20-13-8-9-21(15(13)22)12-2-1-3-12/h10-14H,1-9H2,(H2,19,20,23). The van der Waals surface area contributed by atoms with Gasteiger partial charge in [-0.25, -0.2) is 13.6 Å². The van der Waals surface area contributed by atoms with Crippen LogP contribution in [0.1, 0.15) is 51.4 Å². The molecule has 0 radical (unpaired) electrons. The first kappa shape index (κ1) is 16.5. The van der Waals surface area contributed by atoms with E-state index in [1.165, 1.54) is 6.42 Å². The molecule has 1 unspecified atom stereocenters. The van der Waals surface area contributed by atoms with Gasteiger partial charge < -0.3 is 15.5 Å². The highest BCUT2D eigenvalue weighted by Crippen LogP contribution is 2.30. The molecule has 2 N–H and O–H groups in total. The predicted molar refractivity (Wildman–Crippen MR) is 81.2 cm³/mol. The van der Waals surface area contributed by atoms with Crippen LogP contribution in [0.4, 0.5) is 13.6 Å². The van der Waals surface area contributed by atoms with Gasteiger partial charge in [-0.15, -0.1) is 0 Å². The molecule has 3 amide bonds. The zero-order valence-electron chi connectivity index (χ0n) is 13.3. The Morgan fingerprint density at radius 1 is 1.04 bits per heavy atom. The van der Waals surface area contributed by atoms with Gasteiger partial charge in [0.2, 0.25) is 12.3 Å². The number of urea groups is 1. The van der Waals surface area contributed by atoms with Crippen molar-refractivity contribution in [3.63, 3.8) is 0 Å². The molecular weight excluding hydrogens is 304 g/mol. The van der Waals surface area contributed by atoms with Crippen molar-refractivity contribution in [2.75, 3.05) is 6.54 Å². The van der Waals surface area contributed by atoms with Crippen LogP contribution in [0.2, 0.25) is 0 Å². The normalized spacial score (nSPS) is 32.0. The van der Waals surface area contributed by atoms with Crippen molar-refractivity contribution >= 4 is 11.9 Å². The van der Waals surface area contributed by atoms with Crippen LogP contribution < -0.4 is 10.6 Å². The van der Waals surface area contributed by atoms with Gasteiger partial charge in [-0.2, -0.15) is 0 Å². The Bertz CT molecular complexity index is 449. The Hall–Kier alpha value is -1.40. The zero-order chi connectivity index (χ0) is 16.4. The fourth-order valence-corrected chi connectivity index (χ4v) is 3.80. The molecule has 2 saturated carbocycles. The number of halogens is 2. The van der Waals surface area contributed by atoms with Crippen molar-refractivity contribution in [3.05, 3.63) is 0 Å². The Balaban J connectivity index is 1.41. The molecule has 130 valence electrons. The molecule has 3 rings (SSSR count). The molecule has 0 aromatic carbocycles. The van der Waals surface area contributed by atoms with E-state index in [1.54, 1.807) is 0 Å². The molecule has 23 heavy (non-hydrogen) atoms. The van der Waals surface area contributed by atoms with Crippen LogP contribution in [0.25, 0.3) is 0 Å². The van der Waals surface area contributed by atoms with Gasteiger partial charge in [-0.3, -0.25) is 4.79 Å². The summed E-state index contributed by atoms with van der Waals surface area (Å²) < 4.78 is 25.2. The third kappa shape index (κ3) is 3.75. The molecule has 0 aromatic rings. The summed E-state index contributed by atoms with van der Waals surface area (Å²) in [6, 6.07) is -0.487. The maximum Gasteiger partial charge on any atom is 0.315 e. The minimum atomic E-state index is -2.27. The van der Waals surface area contributed by atoms with E-state index >= 15 is 0 Å². The largest absolute Gasteiger partial charge is 0.338 e. The minimum absolute atomic E-state index is 0.0197. The second-order valence-electron chi connectivity index (χ2n) is 7.02. The van der Waals surface area contributed by atoms with Crippen LogP contribution in [0, 0.1) is 5.92 Å². The highest BCUT2D eigenvalue weighted by atomic mass is 19.3. The van der Waals surface area contributed by atoms with Crippen molar-refractivity contribution in [1.82, 2.24) is 15.5 Å². The van der Waals surface area contributed by atoms with E-state index in [0.717, 1.165) is 12.8 Å². The van der Waals surface area contributed by atoms with Crippen molar-refractivity contribution in [2.24, 2.45) is 5.92 Å². The van der Waals surface area contributed by atoms with Crippen LogP contribution >= 0.6 is 0 Å². The molecule has 1 aliphatic heterocycles. The van der Waals surface area contributed by atoms with Gasteiger partial charge in [-0.1, -0.05) is 0 Å². The fraction of sp³-hybridized carbons (Fsp3) is 0.875. The molecule has 1 atom stereocenters. The van der Waals surface area contributed by atoms with E-state index in [1.807, 2.05) is 4.90 Å². The lowest BCUT2D eigenvalue weighted by Crippen LogP contribution is -2.51. The third-order valence-electron chi connectivity index (χ3n) is 5.52. The molecule has 3 fully saturated rings. The first-order valence-electron chi connectivity index (χ1n) is 8.70. The smallest absolute Gasteiger partial charge is 0.315 e. The van der Waals surface area contributed by atoms with Crippen molar-refractivity contribution in [2.45, 2.75) is 75.9 Å². The predicted octanol–water partition coefficient (Wildman–Crippen LogP) is 2.26. The molecule has 1 saturated heterocycles. The summed E-state index contributed by atoms with van der Waals surface area (Å²) in [6.07, 6.45) is 3.75. The SMILES string of the molecule is O=C(NC1CCC(C(F)F)CC1)NC1CCN(C2CCC2)C1=O. The van der Waals surface area contributed by atoms with E-state index in [0.29, 0.717) is 44.7 Å². The van der Waals surface area contributed by atoms with Gasteiger partial charge in [-0.05, 0) is 51.4 Å². The Kier molecular flexibility index (Phi) is 5.02. The van der Waals surface area contributed by atoms with Crippen LogP contribution in [0.5, 0.6) is 0 Å². The average Bonchev–Trinajstić information content (AvgIpc) is 2.79. The zero-order valence-corrected chi connectivity index (χ0v) is 13.3. The number of rotatable bonds is 4. The van der Waals surface area contributed by atoms with Crippen LogP contribution in [0.15, 0.2) is 0 Å². The Morgan fingerprint density at radius 3 is 2.30 bits per heavy atom. The summed E-state index contributed by atoms with van der Waals surface area (Å²) in [4.78, 5) is 26.2. The molecule has 0 aromatic heterocycles. The lowest BCUT2D eigenvalue weighted by molar-refractivity contribution is -0.132. The summed E-state index contributed by atoms with van der Waals surface area (Å²) in [7, 11) is 0. The highest BCUT2D eigenvalue weighted by molar-refractivity contribution is 5.89. The van der Waals surface area contributed by atoms with E-state index < -0.39 is 18.4 Å². The van der Waals surface area contributed by atoms with Crippen LogP contribution in [-0.4, -0.2) is 47.9 Å². The number of amides is 3. The van der Waals surface area contributed by atoms with E-state index in [9.17, 15) is 18.4 Å². The molecular formula is C16H25F2N3O2. The van der Waals surface area contributed by atoms with Gasteiger partial charge >= 0.3 is 6.03 Å². The van der Waals surface area contributed by atoms with Gasteiger partial charge in [0.05, 0.1) is 0 Å². The first-order chi connectivity index (χ1) is 11.0. The third-order valence-corrected chi connectivity index (χ3v) is 5.52. The maximum absolute atomic E-state index is 12.6. The monoisotopic (exact) mass is 329 g/mol. The minimum Gasteiger partial charge on any atom is -0.338 e.